The number of carbonyl (C=O) groups excluding carboxylic acids is 2. The summed E-state index contributed by atoms with van der Waals surface area (Å²) in [5.74, 6) is -0.463. The predicted octanol–water partition coefficient (Wildman–Crippen LogP) is 5.15. The maximum absolute atomic E-state index is 12.2. The third-order valence-corrected chi connectivity index (χ3v) is 3.45. The lowest BCUT2D eigenvalue weighted by Crippen LogP contribution is -2.24. The molecule has 2 rings (SSSR count). The van der Waals surface area contributed by atoms with Gasteiger partial charge in [0.2, 0.25) is 0 Å². The highest BCUT2D eigenvalue weighted by Crippen LogP contribution is 2.22. The summed E-state index contributed by atoms with van der Waals surface area (Å²) < 4.78 is 11.2. The molecule has 2 aromatic carbocycles. The van der Waals surface area contributed by atoms with Crippen LogP contribution in [0.1, 0.15) is 36.7 Å². The van der Waals surface area contributed by atoms with E-state index in [1.54, 1.807) is 39.0 Å². The topological polar surface area (TPSA) is 64.6 Å². The van der Waals surface area contributed by atoms with E-state index < -0.39 is 17.7 Å². The summed E-state index contributed by atoms with van der Waals surface area (Å²) in [5, 5.41) is 2.61. The van der Waals surface area contributed by atoms with Gasteiger partial charge in [0.15, 0.2) is 0 Å². The van der Waals surface area contributed by atoms with Crippen LogP contribution in [0.2, 0.25) is 0 Å². The first-order chi connectivity index (χ1) is 11.7. The zero-order valence-corrected chi connectivity index (χ0v) is 15.9. The normalized spacial score (nSPS) is 10.9. The second-order valence-electron chi connectivity index (χ2n) is 6.42. The van der Waals surface area contributed by atoms with Gasteiger partial charge < -0.3 is 9.47 Å². The molecule has 0 atom stereocenters. The molecule has 0 fully saturated rings. The minimum atomic E-state index is -0.600. The van der Waals surface area contributed by atoms with Crippen molar-refractivity contribution in [1.29, 1.82) is 0 Å². The van der Waals surface area contributed by atoms with Gasteiger partial charge in [-0.05, 0) is 44.5 Å². The third kappa shape index (κ3) is 6.58. The molecule has 1 amide bonds. The molecule has 1 N–H and O–H groups in total. The maximum atomic E-state index is 12.2. The fourth-order valence-corrected chi connectivity index (χ4v) is 2.49. The van der Waals surface area contributed by atoms with Crippen molar-refractivity contribution >= 4 is 33.7 Å². The zero-order chi connectivity index (χ0) is 18.4. The number of halogens is 1. The lowest BCUT2D eigenvalue weighted by atomic mass is 10.1. The molecule has 0 unspecified atom stereocenters. The number of esters is 1. The molecule has 25 heavy (non-hydrogen) atoms. The van der Waals surface area contributed by atoms with E-state index in [-0.39, 0.29) is 6.61 Å². The molecule has 0 bridgehead atoms. The molecule has 0 aromatic heterocycles. The number of ether oxygens (including phenoxy) is 2. The van der Waals surface area contributed by atoms with Crippen LogP contribution in [-0.4, -0.2) is 17.7 Å². The highest BCUT2D eigenvalue weighted by Gasteiger charge is 2.19. The Morgan fingerprint density at radius 3 is 2.40 bits per heavy atom. The van der Waals surface area contributed by atoms with E-state index >= 15 is 0 Å². The summed E-state index contributed by atoms with van der Waals surface area (Å²) in [7, 11) is 0. The summed E-state index contributed by atoms with van der Waals surface area (Å²) in [4.78, 5) is 24.1. The van der Waals surface area contributed by atoms with Crippen LogP contribution in [-0.2, 0) is 16.1 Å². The molecule has 0 heterocycles. The number of hydrogen-bond acceptors (Lipinski definition) is 4. The van der Waals surface area contributed by atoms with Crippen LogP contribution in [0.3, 0.4) is 0 Å². The molecule has 0 aliphatic heterocycles. The molecule has 0 saturated carbocycles. The van der Waals surface area contributed by atoms with E-state index in [1.807, 2.05) is 30.3 Å². The van der Waals surface area contributed by atoms with Gasteiger partial charge in [-0.25, -0.2) is 9.59 Å². The van der Waals surface area contributed by atoms with Crippen LogP contribution in [0, 0.1) is 0 Å². The van der Waals surface area contributed by atoms with Gasteiger partial charge in [0, 0.05) is 10.2 Å². The predicted molar refractivity (Wildman–Crippen MR) is 99.6 cm³/mol. The van der Waals surface area contributed by atoms with Crippen LogP contribution in [0.4, 0.5) is 10.5 Å². The van der Waals surface area contributed by atoms with Gasteiger partial charge in [-0.15, -0.1) is 0 Å². The standard InChI is InChI=1S/C19H20BrNO4/c1-19(2,3)25-17(22)14-9-15(20)11-16(10-14)21-18(23)24-12-13-7-5-4-6-8-13/h4-11H,12H2,1-3H3,(H,21,23). The van der Waals surface area contributed by atoms with Crippen LogP contribution in [0.5, 0.6) is 0 Å². The van der Waals surface area contributed by atoms with Crippen LogP contribution in [0.25, 0.3) is 0 Å². The molecule has 2 aromatic rings. The smallest absolute Gasteiger partial charge is 0.411 e. The van der Waals surface area contributed by atoms with Crippen LogP contribution < -0.4 is 5.32 Å². The Kier molecular flexibility index (Phi) is 6.20. The zero-order valence-electron chi connectivity index (χ0n) is 14.3. The van der Waals surface area contributed by atoms with Gasteiger partial charge in [0.05, 0.1) is 5.56 Å². The number of anilines is 1. The maximum Gasteiger partial charge on any atom is 0.411 e. The Hall–Kier alpha value is -2.34. The van der Waals surface area contributed by atoms with Crippen LogP contribution >= 0.6 is 15.9 Å². The molecule has 5 nitrogen and oxygen atoms in total. The van der Waals surface area contributed by atoms with Crippen molar-refractivity contribution in [2.24, 2.45) is 0 Å². The monoisotopic (exact) mass is 405 g/mol. The lowest BCUT2D eigenvalue weighted by molar-refractivity contribution is 0.00694. The molecule has 6 heteroatoms. The summed E-state index contributed by atoms with van der Waals surface area (Å²) in [6, 6.07) is 14.2. The lowest BCUT2D eigenvalue weighted by Gasteiger charge is -2.19. The first-order valence-electron chi connectivity index (χ1n) is 7.74. The van der Waals surface area contributed by atoms with Crippen molar-refractivity contribution in [3.05, 3.63) is 64.1 Å². The Morgan fingerprint density at radius 2 is 1.76 bits per heavy atom. The van der Waals surface area contributed by atoms with Gasteiger partial charge in [0.25, 0.3) is 0 Å². The summed E-state index contributed by atoms with van der Waals surface area (Å²) in [6.07, 6.45) is -0.600. The average Bonchev–Trinajstić information content (AvgIpc) is 2.52. The number of hydrogen-bond donors (Lipinski definition) is 1. The largest absolute Gasteiger partial charge is 0.456 e. The van der Waals surface area contributed by atoms with Crippen molar-refractivity contribution in [2.45, 2.75) is 33.0 Å². The number of benzene rings is 2. The Balaban J connectivity index is 2.01. The van der Waals surface area contributed by atoms with Gasteiger partial charge in [-0.3, -0.25) is 5.32 Å². The van der Waals surface area contributed by atoms with E-state index in [1.165, 1.54) is 0 Å². The minimum absolute atomic E-state index is 0.166. The average molecular weight is 406 g/mol. The first kappa shape index (κ1) is 19.0. The van der Waals surface area contributed by atoms with Gasteiger partial charge in [-0.1, -0.05) is 46.3 Å². The van der Waals surface area contributed by atoms with Crippen LogP contribution in [0.15, 0.2) is 53.0 Å². The molecule has 0 aliphatic carbocycles. The fourth-order valence-electron chi connectivity index (χ4n) is 1.99. The molecular formula is C19H20BrNO4. The molecule has 0 saturated heterocycles. The minimum Gasteiger partial charge on any atom is -0.456 e. The highest BCUT2D eigenvalue weighted by atomic mass is 79.9. The Morgan fingerprint density at radius 1 is 1.08 bits per heavy atom. The third-order valence-electron chi connectivity index (χ3n) is 2.99. The van der Waals surface area contributed by atoms with Crippen molar-refractivity contribution < 1.29 is 19.1 Å². The van der Waals surface area contributed by atoms with Gasteiger partial charge in [0.1, 0.15) is 12.2 Å². The van der Waals surface area contributed by atoms with Gasteiger partial charge >= 0.3 is 12.1 Å². The molecule has 0 radical (unpaired) electrons. The van der Waals surface area contributed by atoms with Crippen molar-refractivity contribution in [2.75, 3.05) is 5.32 Å². The summed E-state index contributed by atoms with van der Waals surface area (Å²) in [5.41, 5.74) is 1.07. The van der Waals surface area contributed by atoms with Crippen molar-refractivity contribution in [1.82, 2.24) is 0 Å². The number of carbonyl (C=O) groups is 2. The number of nitrogens with one attached hydrogen (secondary N) is 1. The Labute approximate surface area is 155 Å². The highest BCUT2D eigenvalue weighted by molar-refractivity contribution is 9.10. The molecular weight excluding hydrogens is 386 g/mol. The van der Waals surface area contributed by atoms with Gasteiger partial charge in [-0.2, -0.15) is 0 Å². The quantitative estimate of drug-likeness (QED) is 0.713. The molecule has 132 valence electrons. The van der Waals surface area contributed by atoms with Crippen molar-refractivity contribution in [3.63, 3.8) is 0 Å². The van der Waals surface area contributed by atoms with E-state index in [0.29, 0.717) is 15.7 Å². The van der Waals surface area contributed by atoms with E-state index in [4.69, 9.17) is 9.47 Å². The van der Waals surface area contributed by atoms with E-state index in [9.17, 15) is 9.59 Å². The van der Waals surface area contributed by atoms with E-state index in [2.05, 4.69) is 21.2 Å². The number of rotatable bonds is 4. The molecule has 0 aliphatic rings. The SMILES string of the molecule is CC(C)(C)OC(=O)c1cc(Br)cc(NC(=O)OCc2ccccc2)c1. The van der Waals surface area contributed by atoms with Crippen molar-refractivity contribution in [3.8, 4) is 0 Å². The Bertz CT molecular complexity index is 754. The second kappa shape index (κ2) is 8.16. The first-order valence-corrected chi connectivity index (χ1v) is 8.54. The summed E-state index contributed by atoms with van der Waals surface area (Å²) >= 11 is 3.33. The molecule has 0 spiro atoms. The fraction of sp³-hybridized carbons (Fsp3) is 0.263. The van der Waals surface area contributed by atoms with E-state index in [0.717, 1.165) is 5.56 Å². The second-order valence-corrected chi connectivity index (χ2v) is 7.33. The summed E-state index contributed by atoms with van der Waals surface area (Å²) in [6.45, 7) is 5.55. The number of amides is 1.